The summed E-state index contributed by atoms with van der Waals surface area (Å²) >= 11 is 0. The molecule has 76 valence electrons. The number of nitrogens with two attached hydrogens (primary N) is 1. The highest BCUT2D eigenvalue weighted by Crippen LogP contribution is 2.49. The molecule has 2 fully saturated rings. The summed E-state index contributed by atoms with van der Waals surface area (Å²) in [5.41, 5.74) is 6.36. The summed E-state index contributed by atoms with van der Waals surface area (Å²) in [5, 5.41) is 0. The number of likely N-dealkylation sites (tertiary alicyclic amines) is 1. The molecular weight excluding hydrogens is 160 g/mol. The van der Waals surface area contributed by atoms with Crippen LogP contribution in [0.4, 0.5) is 0 Å². The SMILES string of the molecule is CN1CCCC1CCC1(CN)CC1. The molecule has 2 heteroatoms. The second-order valence-corrected chi connectivity index (χ2v) is 5.02. The van der Waals surface area contributed by atoms with Crippen molar-refractivity contribution in [3.8, 4) is 0 Å². The van der Waals surface area contributed by atoms with Crippen LogP contribution in [-0.2, 0) is 0 Å². The van der Waals surface area contributed by atoms with Crippen LogP contribution < -0.4 is 5.73 Å². The average molecular weight is 182 g/mol. The predicted octanol–water partition coefficient (Wildman–Crippen LogP) is 1.60. The van der Waals surface area contributed by atoms with Crippen LogP contribution in [0.5, 0.6) is 0 Å². The molecule has 1 aliphatic carbocycles. The van der Waals surface area contributed by atoms with Crippen LogP contribution in [0.3, 0.4) is 0 Å². The van der Waals surface area contributed by atoms with Crippen molar-refractivity contribution >= 4 is 0 Å². The fraction of sp³-hybridized carbons (Fsp3) is 1.00. The molecule has 1 atom stereocenters. The van der Waals surface area contributed by atoms with Crippen molar-refractivity contribution < 1.29 is 0 Å². The standard InChI is InChI=1S/C11H22N2/c1-13-8-2-3-10(13)4-5-11(9-12)6-7-11/h10H,2-9,12H2,1H3. The van der Waals surface area contributed by atoms with Crippen molar-refractivity contribution in [1.82, 2.24) is 4.90 Å². The molecule has 0 spiro atoms. The molecule has 1 saturated carbocycles. The van der Waals surface area contributed by atoms with Crippen molar-refractivity contribution in [2.45, 2.75) is 44.6 Å². The van der Waals surface area contributed by atoms with E-state index in [0.29, 0.717) is 5.41 Å². The quantitative estimate of drug-likeness (QED) is 0.715. The van der Waals surface area contributed by atoms with Crippen molar-refractivity contribution in [3.63, 3.8) is 0 Å². The van der Waals surface area contributed by atoms with Gasteiger partial charge in [-0.2, -0.15) is 0 Å². The number of hydrogen-bond acceptors (Lipinski definition) is 2. The largest absolute Gasteiger partial charge is 0.330 e. The summed E-state index contributed by atoms with van der Waals surface area (Å²) in [7, 11) is 2.26. The average Bonchev–Trinajstić information content (AvgIpc) is 2.82. The van der Waals surface area contributed by atoms with Crippen molar-refractivity contribution in [3.05, 3.63) is 0 Å². The van der Waals surface area contributed by atoms with Crippen LogP contribution in [-0.4, -0.2) is 31.1 Å². The minimum Gasteiger partial charge on any atom is -0.330 e. The molecule has 2 N–H and O–H groups in total. The summed E-state index contributed by atoms with van der Waals surface area (Å²) in [6.45, 7) is 2.23. The van der Waals surface area contributed by atoms with Gasteiger partial charge >= 0.3 is 0 Å². The Hall–Kier alpha value is -0.0800. The van der Waals surface area contributed by atoms with Crippen molar-refractivity contribution in [1.29, 1.82) is 0 Å². The van der Waals surface area contributed by atoms with Gasteiger partial charge in [0.25, 0.3) is 0 Å². The second-order valence-electron chi connectivity index (χ2n) is 5.02. The first-order chi connectivity index (χ1) is 6.26. The minimum absolute atomic E-state index is 0.587. The molecule has 0 radical (unpaired) electrons. The van der Waals surface area contributed by atoms with Gasteiger partial charge in [0.05, 0.1) is 0 Å². The first-order valence-corrected chi connectivity index (χ1v) is 5.66. The number of rotatable bonds is 4. The van der Waals surface area contributed by atoms with Gasteiger partial charge in [0.15, 0.2) is 0 Å². The summed E-state index contributed by atoms with van der Waals surface area (Å²) in [4.78, 5) is 2.52. The van der Waals surface area contributed by atoms with Gasteiger partial charge in [-0.25, -0.2) is 0 Å². The molecule has 1 aliphatic heterocycles. The summed E-state index contributed by atoms with van der Waals surface area (Å²) < 4.78 is 0. The molecule has 1 heterocycles. The van der Waals surface area contributed by atoms with Crippen molar-refractivity contribution in [2.24, 2.45) is 11.1 Å². The topological polar surface area (TPSA) is 29.3 Å². The fourth-order valence-corrected chi connectivity index (χ4v) is 2.55. The Morgan fingerprint density at radius 1 is 1.46 bits per heavy atom. The molecular formula is C11H22N2. The van der Waals surface area contributed by atoms with E-state index in [2.05, 4.69) is 11.9 Å². The van der Waals surface area contributed by atoms with Gasteiger partial charge in [-0.15, -0.1) is 0 Å². The third-order valence-corrected chi connectivity index (χ3v) is 4.07. The lowest BCUT2D eigenvalue weighted by atomic mass is 9.96. The van der Waals surface area contributed by atoms with Crippen LogP contribution >= 0.6 is 0 Å². The minimum atomic E-state index is 0.587. The number of nitrogens with zero attached hydrogens (tertiary/aromatic N) is 1. The lowest BCUT2D eigenvalue weighted by molar-refractivity contribution is 0.272. The van der Waals surface area contributed by atoms with E-state index in [4.69, 9.17) is 5.73 Å². The van der Waals surface area contributed by atoms with E-state index in [1.54, 1.807) is 0 Å². The van der Waals surface area contributed by atoms with Gasteiger partial charge in [0.2, 0.25) is 0 Å². The Morgan fingerprint density at radius 2 is 2.23 bits per heavy atom. The van der Waals surface area contributed by atoms with E-state index >= 15 is 0 Å². The monoisotopic (exact) mass is 182 g/mol. The summed E-state index contributed by atoms with van der Waals surface area (Å²) in [5.74, 6) is 0. The van der Waals surface area contributed by atoms with Crippen molar-refractivity contribution in [2.75, 3.05) is 20.1 Å². The lowest BCUT2D eigenvalue weighted by Gasteiger charge is -2.21. The fourth-order valence-electron chi connectivity index (χ4n) is 2.55. The molecule has 0 aromatic heterocycles. The van der Waals surface area contributed by atoms with E-state index in [1.165, 1.54) is 45.1 Å². The van der Waals surface area contributed by atoms with Gasteiger partial charge in [-0.1, -0.05) is 0 Å². The molecule has 1 unspecified atom stereocenters. The Labute approximate surface area is 81.5 Å². The predicted molar refractivity (Wildman–Crippen MR) is 55.6 cm³/mol. The van der Waals surface area contributed by atoms with Gasteiger partial charge in [0.1, 0.15) is 0 Å². The van der Waals surface area contributed by atoms with Gasteiger partial charge in [0, 0.05) is 6.04 Å². The van der Waals surface area contributed by atoms with Crippen LogP contribution in [0, 0.1) is 5.41 Å². The molecule has 2 nitrogen and oxygen atoms in total. The Kier molecular flexibility index (Phi) is 2.61. The van der Waals surface area contributed by atoms with E-state index in [1.807, 2.05) is 0 Å². The smallest absolute Gasteiger partial charge is 0.00928 e. The first-order valence-electron chi connectivity index (χ1n) is 5.66. The highest BCUT2D eigenvalue weighted by atomic mass is 15.1. The third-order valence-electron chi connectivity index (χ3n) is 4.07. The van der Waals surface area contributed by atoms with Crippen LogP contribution in [0.1, 0.15) is 38.5 Å². The Morgan fingerprint density at radius 3 is 2.69 bits per heavy atom. The molecule has 0 bridgehead atoms. The van der Waals surface area contributed by atoms with Crippen LogP contribution in [0.2, 0.25) is 0 Å². The summed E-state index contributed by atoms with van der Waals surface area (Å²) in [6.07, 6.45) is 8.35. The molecule has 2 rings (SSSR count). The van der Waals surface area contributed by atoms with Crippen LogP contribution in [0.25, 0.3) is 0 Å². The van der Waals surface area contributed by atoms with E-state index < -0.39 is 0 Å². The maximum absolute atomic E-state index is 5.77. The maximum atomic E-state index is 5.77. The molecule has 0 aromatic rings. The normalized spacial score (nSPS) is 32.3. The molecule has 2 aliphatic rings. The zero-order valence-corrected chi connectivity index (χ0v) is 8.76. The Balaban J connectivity index is 1.73. The highest BCUT2D eigenvalue weighted by Gasteiger charge is 2.41. The molecule has 1 saturated heterocycles. The van der Waals surface area contributed by atoms with Gasteiger partial charge in [-0.05, 0) is 64.1 Å². The number of hydrogen-bond donors (Lipinski definition) is 1. The van der Waals surface area contributed by atoms with Crippen LogP contribution in [0.15, 0.2) is 0 Å². The van der Waals surface area contributed by atoms with E-state index in [9.17, 15) is 0 Å². The maximum Gasteiger partial charge on any atom is 0.00928 e. The lowest BCUT2D eigenvalue weighted by Crippen LogP contribution is -2.26. The zero-order valence-electron chi connectivity index (χ0n) is 8.76. The first kappa shape index (κ1) is 9.47. The molecule has 13 heavy (non-hydrogen) atoms. The van der Waals surface area contributed by atoms with Gasteiger partial charge < -0.3 is 10.6 Å². The second kappa shape index (κ2) is 3.58. The zero-order chi connectivity index (χ0) is 9.31. The molecule has 0 aromatic carbocycles. The summed E-state index contributed by atoms with van der Waals surface area (Å²) in [6, 6.07) is 0.865. The highest BCUT2D eigenvalue weighted by molar-refractivity contribution is 4.95. The molecule has 0 amide bonds. The van der Waals surface area contributed by atoms with E-state index in [-0.39, 0.29) is 0 Å². The third kappa shape index (κ3) is 2.05. The van der Waals surface area contributed by atoms with Gasteiger partial charge in [-0.3, -0.25) is 0 Å². The Bertz CT molecular complexity index is 175. The van der Waals surface area contributed by atoms with E-state index in [0.717, 1.165) is 12.6 Å².